The summed E-state index contributed by atoms with van der Waals surface area (Å²) >= 11 is 4.82. The zero-order valence-electron chi connectivity index (χ0n) is 11.1. The standard InChI is InChI=1S/C18H10N2S/c21-11-19-17-14-7-3-4-8-16(14)20-18-13-6-2-1-5-12(13)9-10-15(17)18/h1-10H. The molecule has 0 bridgehead atoms. The van der Waals surface area contributed by atoms with Gasteiger partial charge in [0.1, 0.15) is 0 Å². The second kappa shape index (κ2) is 4.74. The van der Waals surface area contributed by atoms with E-state index in [1.807, 2.05) is 36.4 Å². The Labute approximate surface area is 126 Å². The molecule has 0 unspecified atom stereocenters. The lowest BCUT2D eigenvalue weighted by Gasteiger charge is -2.08. The summed E-state index contributed by atoms with van der Waals surface area (Å²) in [6.07, 6.45) is 0. The number of hydrogen-bond acceptors (Lipinski definition) is 3. The summed E-state index contributed by atoms with van der Waals surface area (Å²) in [6, 6.07) is 20.4. The van der Waals surface area contributed by atoms with Gasteiger partial charge in [0.15, 0.2) is 0 Å². The lowest BCUT2D eigenvalue weighted by Crippen LogP contribution is -1.86. The first-order valence-electron chi connectivity index (χ1n) is 6.66. The number of thiocarbonyl (C=S) groups is 1. The quantitative estimate of drug-likeness (QED) is 0.206. The number of hydrogen-bond donors (Lipinski definition) is 0. The largest absolute Gasteiger partial charge is 0.247 e. The van der Waals surface area contributed by atoms with E-state index in [1.165, 1.54) is 5.39 Å². The molecule has 4 rings (SSSR count). The van der Waals surface area contributed by atoms with Gasteiger partial charge in [0.05, 0.1) is 21.9 Å². The molecule has 0 spiro atoms. The molecule has 2 nitrogen and oxygen atoms in total. The number of aliphatic imine (C=N–C) groups is 1. The second-order valence-corrected chi connectivity index (χ2v) is 5.05. The van der Waals surface area contributed by atoms with Crippen LogP contribution in [0.3, 0.4) is 0 Å². The van der Waals surface area contributed by atoms with E-state index >= 15 is 0 Å². The molecule has 98 valence electrons. The molecule has 0 amide bonds. The van der Waals surface area contributed by atoms with E-state index in [-0.39, 0.29) is 0 Å². The molecule has 4 aromatic rings. The molecule has 0 radical (unpaired) electrons. The fourth-order valence-electron chi connectivity index (χ4n) is 2.77. The van der Waals surface area contributed by atoms with Crippen molar-refractivity contribution in [1.82, 2.24) is 4.98 Å². The Kier molecular flexibility index (Phi) is 2.74. The zero-order chi connectivity index (χ0) is 14.2. The topological polar surface area (TPSA) is 25.2 Å². The van der Waals surface area contributed by atoms with Gasteiger partial charge in [0.2, 0.25) is 0 Å². The molecular weight excluding hydrogens is 276 g/mol. The van der Waals surface area contributed by atoms with Gasteiger partial charge in [-0.2, -0.15) is 4.99 Å². The van der Waals surface area contributed by atoms with Gasteiger partial charge in [0, 0.05) is 16.2 Å². The van der Waals surface area contributed by atoms with E-state index in [2.05, 4.69) is 34.4 Å². The molecule has 3 aromatic carbocycles. The van der Waals surface area contributed by atoms with Gasteiger partial charge in [-0.1, -0.05) is 48.5 Å². The summed E-state index contributed by atoms with van der Waals surface area (Å²) in [6.45, 7) is 0. The Morgan fingerprint density at radius 1 is 0.810 bits per heavy atom. The number of isothiocyanates is 1. The van der Waals surface area contributed by atoms with Crippen LogP contribution in [0, 0.1) is 0 Å². The number of pyridine rings is 1. The average Bonchev–Trinajstić information content (AvgIpc) is 2.55. The number of rotatable bonds is 1. The molecule has 0 aliphatic carbocycles. The number of fused-ring (bicyclic) bond motifs is 4. The molecule has 0 N–H and O–H groups in total. The molecule has 1 heterocycles. The fourth-order valence-corrected chi connectivity index (χ4v) is 2.86. The molecule has 0 aliphatic heterocycles. The third-order valence-electron chi connectivity index (χ3n) is 3.70. The maximum Gasteiger partial charge on any atom is 0.0927 e. The highest BCUT2D eigenvalue weighted by Gasteiger charge is 2.10. The summed E-state index contributed by atoms with van der Waals surface area (Å²) in [5.41, 5.74) is 2.72. The van der Waals surface area contributed by atoms with Crippen LogP contribution in [0.25, 0.3) is 32.6 Å². The lowest BCUT2D eigenvalue weighted by molar-refractivity contribution is 1.49. The number of benzene rings is 3. The third-order valence-corrected chi connectivity index (χ3v) is 3.80. The van der Waals surface area contributed by atoms with Crippen molar-refractivity contribution in [2.45, 2.75) is 0 Å². The minimum absolute atomic E-state index is 0.844. The summed E-state index contributed by atoms with van der Waals surface area (Å²) in [4.78, 5) is 9.12. The van der Waals surface area contributed by atoms with Crippen molar-refractivity contribution in [2.75, 3.05) is 0 Å². The van der Waals surface area contributed by atoms with Crippen molar-refractivity contribution < 1.29 is 0 Å². The summed E-state index contributed by atoms with van der Waals surface area (Å²) < 4.78 is 0. The molecule has 21 heavy (non-hydrogen) atoms. The summed E-state index contributed by atoms with van der Waals surface area (Å²) in [5.74, 6) is 0. The van der Waals surface area contributed by atoms with Gasteiger partial charge in [0.25, 0.3) is 0 Å². The van der Waals surface area contributed by atoms with E-state index in [0.29, 0.717) is 0 Å². The van der Waals surface area contributed by atoms with Crippen molar-refractivity contribution in [1.29, 1.82) is 0 Å². The third kappa shape index (κ3) is 1.83. The van der Waals surface area contributed by atoms with E-state index in [4.69, 9.17) is 17.2 Å². The van der Waals surface area contributed by atoms with E-state index < -0.39 is 0 Å². The Morgan fingerprint density at radius 2 is 1.57 bits per heavy atom. The van der Waals surface area contributed by atoms with Gasteiger partial charge in [-0.05, 0) is 29.7 Å². The fraction of sp³-hybridized carbons (Fsp3) is 0. The summed E-state index contributed by atoms with van der Waals surface area (Å²) in [7, 11) is 0. The molecule has 1 aromatic heterocycles. The maximum atomic E-state index is 4.83. The number of aromatic nitrogens is 1. The lowest BCUT2D eigenvalue weighted by atomic mass is 10.0. The smallest absolute Gasteiger partial charge is 0.0927 e. The van der Waals surface area contributed by atoms with Gasteiger partial charge in [-0.25, -0.2) is 4.98 Å². The normalized spacial score (nSPS) is 10.9. The van der Waals surface area contributed by atoms with Gasteiger partial charge in [-0.3, -0.25) is 0 Å². The molecule has 0 fully saturated rings. The predicted molar refractivity (Wildman–Crippen MR) is 91.4 cm³/mol. The van der Waals surface area contributed by atoms with Gasteiger partial charge >= 0.3 is 0 Å². The van der Waals surface area contributed by atoms with E-state index in [1.54, 1.807) is 0 Å². The van der Waals surface area contributed by atoms with Crippen molar-refractivity contribution in [3.8, 4) is 0 Å². The van der Waals surface area contributed by atoms with E-state index in [0.717, 1.165) is 32.9 Å². The van der Waals surface area contributed by atoms with Crippen molar-refractivity contribution in [3.05, 3.63) is 60.7 Å². The Morgan fingerprint density at radius 3 is 2.43 bits per heavy atom. The minimum Gasteiger partial charge on any atom is -0.247 e. The zero-order valence-corrected chi connectivity index (χ0v) is 11.9. The SMILES string of the molecule is S=C=Nc1c2ccccc2nc2c1ccc1ccccc12. The first-order chi connectivity index (χ1) is 10.4. The summed E-state index contributed by atoms with van der Waals surface area (Å²) in [5, 5.41) is 6.80. The highest BCUT2D eigenvalue weighted by Crippen LogP contribution is 2.35. The Hall–Kier alpha value is -2.61. The van der Waals surface area contributed by atoms with Crippen LogP contribution in [0.1, 0.15) is 0 Å². The van der Waals surface area contributed by atoms with Crippen molar-refractivity contribution in [3.63, 3.8) is 0 Å². The number of para-hydroxylation sites is 1. The second-order valence-electron chi connectivity index (χ2n) is 4.86. The minimum atomic E-state index is 0.844. The number of nitrogens with zero attached hydrogens (tertiary/aromatic N) is 2. The van der Waals surface area contributed by atoms with Crippen LogP contribution >= 0.6 is 12.2 Å². The predicted octanol–water partition coefficient (Wildman–Crippen LogP) is 5.28. The Bertz CT molecular complexity index is 1050. The molecule has 0 saturated carbocycles. The maximum absolute atomic E-state index is 4.83. The molecule has 0 atom stereocenters. The van der Waals surface area contributed by atoms with Crippen LogP contribution in [-0.4, -0.2) is 10.1 Å². The highest BCUT2D eigenvalue weighted by molar-refractivity contribution is 7.78. The first-order valence-corrected chi connectivity index (χ1v) is 7.07. The molecule has 3 heteroatoms. The molecule has 0 saturated heterocycles. The van der Waals surface area contributed by atoms with Crippen LogP contribution in [0.2, 0.25) is 0 Å². The highest BCUT2D eigenvalue weighted by atomic mass is 32.1. The van der Waals surface area contributed by atoms with Crippen molar-refractivity contribution in [2.24, 2.45) is 4.99 Å². The van der Waals surface area contributed by atoms with Crippen LogP contribution in [0.4, 0.5) is 5.69 Å². The first kappa shape index (κ1) is 12.2. The van der Waals surface area contributed by atoms with Gasteiger partial charge < -0.3 is 0 Å². The van der Waals surface area contributed by atoms with Crippen LogP contribution in [0.5, 0.6) is 0 Å². The Balaban J connectivity index is 2.33. The average molecular weight is 286 g/mol. The van der Waals surface area contributed by atoms with Crippen LogP contribution < -0.4 is 0 Å². The van der Waals surface area contributed by atoms with Crippen molar-refractivity contribution >= 4 is 55.6 Å². The molecular formula is C18H10N2S. The van der Waals surface area contributed by atoms with E-state index in [9.17, 15) is 0 Å². The van der Waals surface area contributed by atoms with Crippen LogP contribution in [0.15, 0.2) is 65.7 Å². The molecule has 0 aliphatic rings. The van der Waals surface area contributed by atoms with Crippen LogP contribution in [-0.2, 0) is 0 Å². The monoisotopic (exact) mass is 286 g/mol. The van der Waals surface area contributed by atoms with Gasteiger partial charge in [-0.15, -0.1) is 0 Å².